The van der Waals surface area contributed by atoms with Crippen molar-refractivity contribution < 1.29 is 0 Å². The maximum Gasteiger partial charge on any atom is 0.345 e. The van der Waals surface area contributed by atoms with Gasteiger partial charge in [0.05, 0.1) is 22.8 Å². The van der Waals surface area contributed by atoms with E-state index in [0.29, 0.717) is 16.4 Å². The van der Waals surface area contributed by atoms with Gasteiger partial charge in [-0.15, -0.1) is 0 Å². The molecular weight excluding hydrogens is 312 g/mol. The second kappa shape index (κ2) is 5.44. The average Bonchev–Trinajstić information content (AvgIpc) is 3.02. The van der Waals surface area contributed by atoms with Crippen LogP contribution in [0.25, 0.3) is 22.5 Å². The number of hydrogen-bond donors (Lipinski definition) is 3. The molecule has 1 aromatic heterocycles. The van der Waals surface area contributed by atoms with Crippen molar-refractivity contribution in [3.05, 3.63) is 70.7 Å². The first-order valence-corrected chi connectivity index (χ1v) is 7.44. The normalized spacial score (nSPS) is 12.4. The predicted molar refractivity (Wildman–Crippen MR) is 92.3 cm³/mol. The van der Waals surface area contributed by atoms with E-state index in [1.165, 1.54) is 0 Å². The van der Waals surface area contributed by atoms with Crippen LogP contribution in [0.1, 0.15) is 0 Å². The van der Waals surface area contributed by atoms with Crippen LogP contribution in [0.4, 0.5) is 11.4 Å². The summed E-state index contributed by atoms with van der Waals surface area (Å²) in [5, 5.41) is 6.78. The maximum atomic E-state index is 12.0. The summed E-state index contributed by atoms with van der Waals surface area (Å²) in [6.45, 7) is 1.76. The summed E-state index contributed by atoms with van der Waals surface area (Å²) in [6, 6.07) is 15.0. The monoisotopic (exact) mass is 323 g/mol. The van der Waals surface area contributed by atoms with Gasteiger partial charge < -0.3 is 15.6 Å². The van der Waals surface area contributed by atoms with Gasteiger partial charge >= 0.3 is 5.69 Å². The van der Waals surface area contributed by atoms with E-state index in [4.69, 9.17) is 11.6 Å². The van der Waals surface area contributed by atoms with Gasteiger partial charge in [0.2, 0.25) is 0 Å². The molecule has 4 rings (SSSR count). The van der Waals surface area contributed by atoms with Crippen LogP contribution >= 0.6 is 11.6 Å². The van der Waals surface area contributed by atoms with Crippen LogP contribution in [0, 0.1) is 6.67 Å². The number of benzene rings is 2. The fraction of sp³-hybridized carbons (Fsp3) is 0. The summed E-state index contributed by atoms with van der Waals surface area (Å²) in [5.74, 6) is 0. The number of nitrogens with zero attached hydrogens (tertiary/aromatic N) is 1. The molecule has 0 atom stereocenters. The standard InChI is InChI=1S/C17H12ClN4O/c18-12-4-2-1-3-11(12)15-8-14(21-17(23)22-15)10-5-6-13-16(7-10)20-9-19-13/h1-9,19-20H,(H,21,22,23). The van der Waals surface area contributed by atoms with Gasteiger partial charge in [0, 0.05) is 16.1 Å². The topological polar surface area (TPSA) is 69.8 Å². The van der Waals surface area contributed by atoms with Gasteiger partial charge in [0.1, 0.15) is 6.67 Å². The van der Waals surface area contributed by atoms with E-state index in [2.05, 4.69) is 20.6 Å². The second-order valence-electron chi connectivity index (χ2n) is 5.16. The molecule has 0 amide bonds. The summed E-state index contributed by atoms with van der Waals surface area (Å²) in [7, 11) is 0. The van der Waals surface area contributed by atoms with Crippen molar-refractivity contribution in [2.75, 3.05) is 10.6 Å². The molecule has 0 aliphatic carbocycles. The summed E-state index contributed by atoms with van der Waals surface area (Å²) in [5.41, 5.74) is 4.39. The molecule has 3 N–H and O–H groups in total. The molecule has 0 unspecified atom stereocenters. The van der Waals surface area contributed by atoms with E-state index in [-0.39, 0.29) is 0 Å². The molecule has 2 aromatic carbocycles. The Balaban J connectivity index is 1.84. The Labute approximate surface area is 137 Å². The molecule has 6 heteroatoms. The molecule has 3 aromatic rings. The Hall–Kier alpha value is -2.79. The zero-order valence-corrected chi connectivity index (χ0v) is 12.7. The number of H-pyrrole nitrogens is 1. The third-order valence-corrected chi connectivity index (χ3v) is 4.01. The van der Waals surface area contributed by atoms with Crippen molar-refractivity contribution in [2.24, 2.45) is 0 Å². The largest absolute Gasteiger partial charge is 0.360 e. The lowest BCUT2D eigenvalue weighted by atomic mass is 10.1. The van der Waals surface area contributed by atoms with Gasteiger partial charge in [0.15, 0.2) is 0 Å². The number of aromatic nitrogens is 2. The highest BCUT2D eigenvalue weighted by Gasteiger charge is 2.13. The molecule has 1 radical (unpaired) electrons. The van der Waals surface area contributed by atoms with Crippen molar-refractivity contribution in [3.8, 4) is 22.5 Å². The molecule has 0 fully saturated rings. The van der Waals surface area contributed by atoms with Crippen molar-refractivity contribution in [2.45, 2.75) is 0 Å². The molecule has 0 saturated carbocycles. The molecule has 23 heavy (non-hydrogen) atoms. The van der Waals surface area contributed by atoms with E-state index in [1.807, 2.05) is 42.5 Å². The number of halogens is 1. The summed E-state index contributed by atoms with van der Waals surface area (Å²) >= 11 is 6.22. The first kappa shape index (κ1) is 13.8. The Bertz CT molecular complexity index is 951. The first-order chi connectivity index (χ1) is 11.2. The van der Waals surface area contributed by atoms with Crippen molar-refractivity contribution in [3.63, 3.8) is 0 Å². The highest BCUT2D eigenvalue weighted by molar-refractivity contribution is 6.33. The maximum absolute atomic E-state index is 12.0. The summed E-state index contributed by atoms with van der Waals surface area (Å²) in [6.07, 6.45) is 0. The fourth-order valence-electron chi connectivity index (χ4n) is 2.57. The molecule has 0 bridgehead atoms. The molecule has 2 heterocycles. The fourth-order valence-corrected chi connectivity index (χ4v) is 2.81. The quantitative estimate of drug-likeness (QED) is 0.672. The number of rotatable bonds is 2. The Kier molecular flexibility index (Phi) is 3.28. The second-order valence-corrected chi connectivity index (χ2v) is 5.57. The third kappa shape index (κ3) is 2.55. The Morgan fingerprint density at radius 1 is 0.957 bits per heavy atom. The Morgan fingerprint density at radius 3 is 2.65 bits per heavy atom. The van der Waals surface area contributed by atoms with E-state index in [1.54, 1.807) is 12.7 Å². The average molecular weight is 324 g/mol. The molecule has 1 aliphatic heterocycles. The van der Waals surface area contributed by atoms with Crippen LogP contribution in [0.5, 0.6) is 0 Å². The highest BCUT2D eigenvalue weighted by atomic mass is 35.5. The van der Waals surface area contributed by atoms with E-state index in [0.717, 1.165) is 22.5 Å². The Morgan fingerprint density at radius 2 is 1.78 bits per heavy atom. The van der Waals surface area contributed by atoms with Crippen LogP contribution in [-0.4, -0.2) is 9.97 Å². The van der Waals surface area contributed by atoms with E-state index >= 15 is 0 Å². The van der Waals surface area contributed by atoms with Gasteiger partial charge in [-0.2, -0.15) is 4.98 Å². The van der Waals surface area contributed by atoms with Crippen LogP contribution in [0.15, 0.2) is 53.3 Å². The lowest BCUT2D eigenvalue weighted by Crippen LogP contribution is -2.12. The molecule has 1 aliphatic rings. The van der Waals surface area contributed by atoms with Gasteiger partial charge in [-0.1, -0.05) is 35.9 Å². The SMILES string of the molecule is O=c1nc(-c2ccc3c(c2)N[CH]N3)cc(-c2ccccc2Cl)[nH]1. The predicted octanol–water partition coefficient (Wildman–Crippen LogP) is 3.71. The smallest absolute Gasteiger partial charge is 0.345 e. The number of nitrogens with one attached hydrogen (secondary N) is 3. The minimum atomic E-state index is -0.407. The van der Waals surface area contributed by atoms with E-state index < -0.39 is 5.69 Å². The molecule has 0 saturated heterocycles. The molecule has 0 spiro atoms. The zero-order valence-electron chi connectivity index (χ0n) is 11.9. The summed E-state index contributed by atoms with van der Waals surface area (Å²) in [4.78, 5) is 18.8. The van der Waals surface area contributed by atoms with Crippen LogP contribution in [-0.2, 0) is 0 Å². The summed E-state index contributed by atoms with van der Waals surface area (Å²) < 4.78 is 0. The number of fused-ring (bicyclic) bond motifs is 1. The molecule has 5 nitrogen and oxygen atoms in total. The van der Waals surface area contributed by atoms with Gasteiger partial charge in [0.25, 0.3) is 0 Å². The van der Waals surface area contributed by atoms with Gasteiger partial charge in [-0.3, -0.25) is 0 Å². The van der Waals surface area contributed by atoms with Crippen molar-refractivity contribution in [1.82, 2.24) is 9.97 Å². The third-order valence-electron chi connectivity index (χ3n) is 3.68. The van der Waals surface area contributed by atoms with Crippen molar-refractivity contribution >= 4 is 23.0 Å². The number of hydrogen-bond acceptors (Lipinski definition) is 4. The minimum Gasteiger partial charge on any atom is -0.360 e. The van der Waals surface area contributed by atoms with Gasteiger partial charge in [-0.05, 0) is 24.3 Å². The number of aromatic amines is 1. The molecule has 113 valence electrons. The van der Waals surface area contributed by atoms with Crippen LogP contribution in [0.2, 0.25) is 5.02 Å². The van der Waals surface area contributed by atoms with E-state index in [9.17, 15) is 4.79 Å². The minimum absolute atomic E-state index is 0.407. The first-order valence-electron chi connectivity index (χ1n) is 7.06. The highest BCUT2D eigenvalue weighted by Crippen LogP contribution is 2.33. The lowest BCUT2D eigenvalue weighted by Gasteiger charge is -2.07. The van der Waals surface area contributed by atoms with Crippen LogP contribution < -0.4 is 16.3 Å². The lowest BCUT2D eigenvalue weighted by molar-refractivity contribution is 1.09. The zero-order chi connectivity index (χ0) is 15.8. The van der Waals surface area contributed by atoms with Crippen molar-refractivity contribution in [1.29, 1.82) is 0 Å². The van der Waals surface area contributed by atoms with Crippen LogP contribution in [0.3, 0.4) is 0 Å². The van der Waals surface area contributed by atoms with Gasteiger partial charge in [-0.25, -0.2) is 4.79 Å². The molecular formula is C17H12ClN4O. The number of anilines is 2.